The second-order valence-electron chi connectivity index (χ2n) is 20.2. The Morgan fingerprint density at radius 2 is 0.506 bits per heavy atom. The summed E-state index contributed by atoms with van der Waals surface area (Å²) in [5.41, 5.74) is 0. The Morgan fingerprint density at radius 3 is 0.823 bits per heavy atom. The molecule has 0 aliphatic carbocycles. The van der Waals surface area contributed by atoms with Crippen molar-refractivity contribution in [1.82, 2.24) is 0 Å². The molecule has 0 saturated carbocycles. The third kappa shape index (κ3) is 63.5. The van der Waals surface area contributed by atoms with Gasteiger partial charge >= 0.3 is 17.9 Å². The average molecular weight is 1090 g/mol. The molecular formula is C73H114O6. The lowest BCUT2D eigenvalue weighted by atomic mass is 10.1. The van der Waals surface area contributed by atoms with Crippen LogP contribution in [0.1, 0.15) is 252 Å². The largest absolute Gasteiger partial charge is 0.462 e. The summed E-state index contributed by atoms with van der Waals surface area (Å²) in [4.78, 5) is 38.2. The first-order chi connectivity index (χ1) is 39.0. The normalized spacial score (nSPS) is 13.3. The van der Waals surface area contributed by atoms with Crippen LogP contribution in [0.3, 0.4) is 0 Å². The molecule has 0 N–H and O–H groups in total. The molecule has 0 bridgehead atoms. The number of rotatable bonds is 55. The molecule has 0 aliphatic heterocycles. The van der Waals surface area contributed by atoms with Crippen LogP contribution in [0.2, 0.25) is 0 Å². The molecule has 0 amide bonds. The highest BCUT2D eigenvalue weighted by Crippen LogP contribution is 2.14. The van der Waals surface area contributed by atoms with Crippen molar-refractivity contribution in [2.45, 2.75) is 258 Å². The fourth-order valence-electron chi connectivity index (χ4n) is 8.06. The summed E-state index contributed by atoms with van der Waals surface area (Å²) in [5, 5.41) is 0. The van der Waals surface area contributed by atoms with E-state index in [9.17, 15) is 14.4 Å². The molecule has 0 aromatic carbocycles. The number of unbranched alkanes of at least 4 members (excludes halogenated alkanes) is 16. The molecule has 442 valence electrons. The molecule has 0 aromatic rings. The Kier molecular flexibility index (Phi) is 61.0. The molecule has 6 heteroatoms. The highest BCUT2D eigenvalue weighted by molar-refractivity contribution is 5.71. The van der Waals surface area contributed by atoms with Gasteiger partial charge in [-0.2, -0.15) is 0 Å². The Hall–Kier alpha value is -5.23. The fraction of sp³-hybridized carbons (Fsp3) is 0.575. The van der Waals surface area contributed by atoms with E-state index in [1.807, 2.05) is 0 Å². The van der Waals surface area contributed by atoms with Crippen LogP contribution in [-0.4, -0.2) is 37.2 Å². The molecule has 0 aliphatic rings. The molecule has 79 heavy (non-hydrogen) atoms. The summed E-state index contributed by atoms with van der Waals surface area (Å²) in [6.45, 7) is 6.33. The van der Waals surface area contributed by atoms with Crippen molar-refractivity contribution in [1.29, 1.82) is 0 Å². The van der Waals surface area contributed by atoms with Gasteiger partial charge < -0.3 is 14.2 Å². The van der Waals surface area contributed by atoms with Gasteiger partial charge in [0, 0.05) is 19.3 Å². The quantitative estimate of drug-likeness (QED) is 0.0261. The SMILES string of the molecule is CC/C=C\C/C=C\C/C=C\C/C=C\C/C=C\C/C=C\C/C=C\C/C=C\C/C=C\CCCC(=O)OCC(COC(=O)CCCCCCCCCCCCC)OC(=O)CCCCCCC/C=C\C/C=C\C/C=C\C/C=C\C/C=C\CC. The molecule has 0 rings (SSSR count). The summed E-state index contributed by atoms with van der Waals surface area (Å²) < 4.78 is 16.8. The standard InChI is InChI=1S/C73H114O6/c1-4-7-10-13-16-19-22-24-26-28-30-32-33-34-35-36-37-38-39-41-42-44-46-48-51-54-57-60-63-66-72(75)78-69-70(68-77-71(74)65-62-59-56-53-50-21-18-15-12-9-6-3)79-73(76)67-64-61-58-55-52-49-47-45-43-40-31-29-27-25-23-20-17-14-11-8-5-2/h7-8,10-11,16-17,19-20,24-27,30-32,34-35,37-38,40-42,45-48,54,57,70H,4-6,9,12-15,18,21-23,28-29,33,36,39,43-44,49-53,55-56,58-69H2,1-3H3/b10-7-,11-8-,19-16-,20-17-,26-24-,27-25-,32-30-,35-34-,38-37-,40-31-,42-41-,47-45-,48-46-,57-54-. The third-order valence-corrected chi connectivity index (χ3v) is 12.7. The number of carbonyl (C=O) groups is 3. The first kappa shape index (κ1) is 73.8. The number of esters is 3. The van der Waals surface area contributed by atoms with E-state index in [1.165, 1.54) is 51.4 Å². The van der Waals surface area contributed by atoms with Crippen molar-refractivity contribution in [2.75, 3.05) is 13.2 Å². The molecule has 1 atom stereocenters. The minimum absolute atomic E-state index is 0.110. The first-order valence-electron chi connectivity index (χ1n) is 31.6. The van der Waals surface area contributed by atoms with E-state index in [0.29, 0.717) is 12.8 Å². The van der Waals surface area contributed by atoms with E-state index in [4.69, 9.17) is 14.2 Å². The minimum atomic E-state index is -0.820. The molecule has 0 radical (unpaired) electrons. The van der Waals surface area contributed by atoms with E-state index in [2.05, 4.69) is 191 Å². The van der Waals surface area contributed by atoms with Crippen LogP contribution in [0.25, 0.3) is 0 Å². The summed E-state index contributed by atoms with van der Waals surface area (Å²) in [6.07, 6.45) is 96.5. The molecule has 0 spiro atoms. The Balaban J connectivity index is 4.47. The second-order valence-corrected chi connectivity index (χ2v) is 20.2. The summed E-state index contributed by atoms with van der Waals surface area (Å²) in [7, 11) is 0. The van der Waals surface area contributed by atoms with Gasteiger partial charge in [-0.1, -0.05) is 274 Å². The van der Waals surface area contributed by atoms with Crippen molar-refractivity contribution in [3.05, 3.63) is 170 Å². The van der Waals surface area contributed by atoms with E-state index >= 15 is 0 Å². The van der Waals surface area contributed by atoms with Gasteiger partial charge in [-0.15, -0.1) is 0 Å². The van der Waals surface area contributed by atoms with Gasteiger partial charge in [0.2, 0.25) is 0 Å². The zero-order valence-electron chi connectivity index (χ0n) is 50.6. The predicted molar refractivity (Wildman–Crippen MR) is 343 cm³/mol. The number of ether oxygens (including phenoxy) is 3. The molecule has 0 fully saturated rings. The van der Waals surface area contributed by atoms with Crippen molar-refractivity contribution in [3.63, 3.8) is 0 Å². The van der Waals surface area contributed by atoms with Gasteiger partial charge in [-0.05, 0) is 128 Å². The van der Waals surface area contributed by atoms with Crippen LogP contribution in [0.4, 0.5) is 0 Å². The Morgan fingerprint density at radius 1 is 0.266 bits per heavy atom. The lowest BCUT2D eigenvalue weighted by molar-refractivity contribution is -0.167. The van der Waals surface area contributed by atoms with Crippen LogP contribution >= 0.6 is 0 Å². The molecule has 6 nitrogen and oxygen atoms in total. The van der Waals surface area contributed by atoms with Crippen LogP contribution in [0.15, 0.2) is 170 Å². The highest BCUT2D eigenvalue weighted by atomic mass is 16.6. The maximum absolute atomic E-state index is 12.9. The molecule has 1 unspecified atom stereocenters. The monoisotopic (exact) mass is 1090 g/mol. The van der Waals surface area contributed by atoms with Crippen molar-refractivity contribution in [3.8, 4) is 0 Å². The number of carbonyl (C=O) groups excluding carboxylic acids is 3. The summed E-state index contributed by atoms with van der Waals surface area (Å²) in [6, 6.07) is 0. The summed E-state index contributed by atoms with van der Waals surface area (Å²) >= 11 is 0. The van der Waals surface area contributed by atoms with Gasteiger partial charge in [0.25, 0.3) is 0 Å². The maximum Gasteiger partial charge on any atom is 0.306 e. The highest BCUT2D eigenvalue weighted by Gasteiger charge is 2.19. The second kappa shape index (κ2) is 65.3. The van der Waals surface area contributed by atoms with E-state index < -0.39 is 6.10 Å². The zero-order valence-corrected chi connectivity index (χ0v) is 50.6. The molecular weight excluding hydrogens is 973 g/mol. The maximum atomic E-state index is 12.9. The van der Waals surface area contributed by atoms with Crippen LogP contribution in [-0.2, 0) is 28.6 Å². The van der Waals surface area contributed by atoms with Crippen LogP contribution in [0, 0.1) is 0 Å². The van der Waals surface area contributed by atoms with Crippen molar-refractivity contribution >= 4 is 17.9 Å². The fourth-order valence-corrected chi connectivity index (χ4v) is 8.06. The Labute approximate surface area is 485 Å². The topological polar surface area (TPSA) is 78.9 Å². The predicted octanol–water partition coefficient (Wildman–Crippen LogP) is 21.9. The first-order valence-corrected chi connectivity index (χ1v) is 31.6. The van der Waals surface area contributed by atoms with Gasteiger partial charge in [-0.25, -0.2) is 0 Å². The van der Waals surface area contributed by atoms with Gasteiger partial charge in [0.15, 0.2) is 6.10 Å². The summed E-state index contributed by atoms with van der Waals surface area (Å²) in [5.74, 6) is -0.998. The van der Waals surface area contributed by atoms with Gasteiger partial charge in [0.1, 0.15) is 13.2 Å². The molecule has 0 aromatic heterocycles. The Bertz CT molecular complexity index is 1820. The van der Waals surface area contributed by atoms with Gasteiger partial charge in [0.05, 0.1) is 0 Å². The average Bonchev–Trinajstić information content (AvgIpc) is 3.45. The lowest BCUT2D eigenvalue weighted by Gasteiger charge is -2.18. The number of hydrogen-bond donors (Lipinski definition) is 0. The van der Waals surface area contributed by atoms with Crippen LogP contribution in [0.5, 0.6) is 0 Å². The van der Waals surface area contributed by atoms with Crippen molar-refractivity contribution < 1.29 is 28.6 Å². The zero-order chi connectivity index (χ0) is 57.1. The van der Waals surface area contributed by atoms with E-state index in [-0.39, 0.29) is 44.0 Å². The smallest absolute Gasteiger partial charge is 0.306 e. The lowest BCUT2D eigenvalue weighted by Crippen LogP contribution is -2.30. The van der Waals surface area contributed by atoms with Crippen LogP contribution < -0.4 is 0 Å². The van der Waals surface area contributed by atoms with Gasteiger partial charge in [-0.3, -0.25) is 14.4 Å². The molecule has 0 heterocycles. The third-order valence-electron chi connectivity index (χ3n) is 12.7. The minimum Gasteiger partial charge on any atom is -0.462 e. The van der Waals surface area contributed by atoms with E-state index in [0.717, 1.165) is 154 Å². The number of hydrogen-bond acceptors (Lipinski definition) is 6. The van der Waals surface area contributed by atoms with Crippen molar-refractivity contribution in [2.24, 2.45) is 0 Å². The molecule has 0 saturated heterocycles. The number of allylic oxidation sites excluding steroid dienone is 28. The van der Waals surface area contributed by atoms with E-state index in [1.54, 1.807) is 0 Å².